The number of aryl methyl sites for hydroxylation is 2. The first-order valence-electron chi connectivity index (χ1n) is 9.84. The molecule has 28 heavy (non-hydrogen) atoms. The zero-order chi connectivity index (χ0) is 20.1. The topological polar surface area (TPSA) is 34.2 Å². The Morgan fingerprint density at radius 3 is 1.89 bits per heavy atom. The largest absolute Gasteiger partial charge is 0.493 e. The average Bonchev–Trinajstić information content (AvgIpc) is 2.71. The van der Waals surface area contributed by atoms with Crippen LogP contribution < -0.4 is 14.2 Å². The molecular formula is C23H32N2O3. The van der Waals surface area contributed by atoms with Gasteiger partial charge in [-0.3, -0.25) is 9.80 Å². The molecular weight excluding hydrogens is 352 g/mol. The van der Waals surface area contributed by atoms with Crippen LogP contribution >= 0.6 is 0 Å². The number of hydrogen-bond acceptors (Lipinski definition) is 5. The van der Waals surface area contributed by atoms with Gasteiger partial charge in [-0.25, -0.2) is 0 Å². The summed E-state index contributed by atoms with van der Waals surface area (Å²) in [5, 5.41) is 0. The van der Waals surface area contributed by atoms with Gasteiger partial charge in [0.25, 0.3) is 0 Å². The minimum Gasteiger partial charge on any atom is -0.493 e. The molecule has 1 saturated heterocycles. The van der Waals surface area contributed by atoms with Crippen LogP contribution in [-0.4, -0.2) is 57.3 Å². The SMILES string of the molecule is COc1ccc(CN2CCN(Cc3cc(C)ccc3C)CC2)c(OC)c1OC. The highest BCUT2D eigenvalue weighted by Crippen LogP contribution is 2.40. The third-order valence-corrected chi connectivity index (χ3v) is 5.54. The molecule has 0 aliphatic carbocycles. The van der Waals surface area contributed by atoms with Crippen LogP contribution in [0.15, 0.2) is 30.3 Å². The summed E-state index contributed by atoms with van der Waals surface area (Å²) in [6.07, 6.45) is 0. The quantitative estimate of drug-likeness (QED) is 0.728. The van der Waals surface area contributed by atoms with E-state index in [2.05, 4.69) is 47.9 Å². The van der Waals surface area contributed by atoms with Crippen LogP contribution in [-0.2, 0) is 13.1 Å². The van der Waals surface area contributed by atoms with Crippen LogP contribution in [0.3, 0.4) is 0 Å². The number of rotatable bonds is 7. The van der Waals surface area contributed by atoms with Crippen molar-refractivity contribution < 1.29 is 14.2 Å². The van der Waals surface area contributed by atoms with Gasteiger partial charge in [0, 0.05) is 44.8 Å². The summed E-state index contributed by atoms with van der Waals surface area (Å²) in [5.41, 5.74) is 5.28. The first-order valence-corrected chi connectivity index (χ1v) is 9.84. The molecule has 1 heterocycles. The smallest absolute Gasteiger partial charge is 0.203 e. The molecule has 0 bridgehead atoms. The normalized spacial score (nSPS) is 15.5. The second-order valence-electron chi connectivity index (χ2n) is 7.48. The molecule has 152 valence electrons. The molecule has 0 unspecified atom stereocenters. The lowest BCUT2D eigenvalue weighted by Gasteiger charge is -2.35. The summed E-state index contributed by atoms with van der Waals surface area (Å²) in [7, 11) is 4.98. The summed E-state index contributed by atoms with van der Waals surface area (Å²) in [6, 6.07) is 10.8. The van der Waals surface area contributed by atoms with Crippen molar-refractivity contribution >= 4 is 0 Å². The van der Waals surface area contributed by atoms with E-state index in [9.17, 15) is 0 Å². The fourth-order valence-electron chi connectivity index (χ4n) is 3.85. The van der Waals surface area contributed by atoms with Gasteiger partial charge in [-0.15, -0.1) is 0 Å². The molecule has 0 N–H and O–H groups in total. The number of piperazine rings is 1. The standard InChI is InChI=1S/C23H32N2O3/c1-17-6-7-18(2)20(14-17)16-25-12-10-24(11-13-25)15-19-8-9-21(26-3)23(28-5)22(19)27-4/h6-9,14H,10-13,15-16H2,1-5H3. The molecule has 0 amide bonds. The molecule has 5 nitrogen and oxygen atoms in total. The van der Waals surface area contributed by atoms with Crippen molar-refractivity contribution in [2.24, 2.45) is 0 Å². The van der Waals surface area contributed by atoms with E-state index >= 15 is 0 Å². The van der Waals surface area contributed by atoms with E-state index < -0.39 is 0 Å². The maximum atomic E-state index is 5.63. The highest BCUT2D eigenvalue weighted by Gasteiger charge is 2.21. The predicted octanol–water partition coefficient (Wildman–Crippen LogP) is 3.65. The molecule has 5 heteroatoms. The second-order valence-corrected chi connectivity index (χ2v) is 7.48. The average molecular weight is 385 g/mol. The highest BCUT2D eigenvalue weighted by atomic mass is 16.5. The van der Waals surface area contributed by atoms with E-state index in [4.69, 9.17) is 14.2 Å². The summed E-state index contributed by atoms with van der Waals surface area (Å²) >= 11 is 0. The number of benzene rings is 2. The Bertz CT molecular complexity index is 799. The third kappa shape index (κ3) is 4.59. The van der Waals surface area contributed by atoms with Crippen LogP contribution in [0.2, 0.25) is 0 Å². The Morgan fingerprint density at radius 2 is 1.32 bits per heavy atom. The van der Waals surface area contributed by atoms with E-state index in [0.29, 0.717) is 11.5 Å². The van der Waals surface area contributed by atoms with Gasteiger partial charge in [0.15, 0.2) is 11.5 Å². The molecule has 0 radical (unpaired) electrons. The third-order valence-electron chi connectivity index (χ3n) is 5.54. The lowest BCUT2D eigenvalue weighted by Crippen LogP contribution is -2.45. The molecule has 1 aliphatic rings. The van der Waals surface area contributed by atoms with Crippen molar-refractivity contribution in [3.05, 3.63) is 52.6 Å². The predicted molar refractivity (Wildman–Crippen MR) is 113 cm³/mol. The Kier molecular flexibility index (Phi) is 6.81. The van der Waals surface area contributed by atoms with Gasteiger partial charge in [0.2, 0.25) is 5.75 Å². The van der Waals surface area contributed by atoms with Crippen molar-refractivity contribution in [3.63, 3.8) is 0 Å². The lowest BCUT2D eigenvalue weighted by molar-refractivity contribution is 0.121. The summed E-state index contributed by atoms with van der Waals surface area (Å²) in [5.74, 6) is 2.12. The van der Waals surface area contributed by atoms with Crippen molar-refractivity contribution in [2.45, 2.75) is 26.9 Å². The molecule has 2 aromatic carbocycles. The summed E-state index contributed by atoms with van der Waals surface area (Å²) < 4.78 is 16.5. The van der Waals surface area contributed by atoms with Gasteiger partial charge in [0.05, 0.1) is 21.3 Å². The van der Waals surface area contributed by atoms with Crippen LogP contribution in [0.1, 0.15) is 22.3 Å². The maximum Gasteiger partial charge on any atom is 0.203 e. The number of methoxy groups -OCH3 is 3. The van der Waals surface area contributed by atoms with Gasteiger partial charge < -0.3 is 14.2 Å². The van der Waals surface area contributed by atoms with E-state index in [1.807, 2.05) is 6.07 Å². The minimum atomic E-state index is 0.663. The number of hydrogen-bond donors (Lipinski definition) is 0. The highest BCUT2D eigenvalue weighted by molar-refractivity contribution is 5.55. The van der Waals surface area contributed by atoms with E-state index in [0.717, 1.165) is 50.6 Å². The minimum absolute atomic E-state index is 0.663. The van der Waals surface area contributed by atoms with Crippen LogP contribution in [0, 0.1) is 13.8 Å². The van der Waals surface area contributed by atoms with Gasteiger partial charge in [-0.1, -0.05) is 29.8 Å². The molecule has 1 fully saturated rings. The lowest BCUT2D eigenvalue weighted by atomic mass is 10.0. The molecule has 0 atom stereocenters. The molecule has 2 aromatic rings. The Hall–Kier alpha value is -2.24. The fourth-order valence-corrected chi connectivity index (χ4v) is 3.85. The maximum absolute atomic E-state index is 5.63. The van der Waals surface area contributed by atoms with Gasteiger partial charge >= 0.3 is 0 Å². The number of ether oxygens (including phenoxy) is 3. The first-order chi connectivity index (χ1) is 13.5. The molecule has 3 rings (SSSR count). The second kappa shape index (κ2) is 9.30. The van der Waals surface area contributed by atoms with Gasteiger partial charge in [0.1, 0.15) is 0 Å². The number of nitrogens with zero attached hydrogens (tertiary/aromatic N) is 2. The van der Waals surface area contributed by atoms with Gasteiger partial charge in [-0.05, 0) is 31.0 Å². The van der Waals surface area contributed by atoms with Crippen molar-refractivity contribution in [1.29, 1.82) is 0 Å². The van der Waals surface area contributed by atoms with E-state index in [1.165, 1.54) is 16.7 Å². The summed E-state index contributed by atoms with van der Waals surface area (Å²) in [6.45, 7) is 10.5. The van der Waals surface area contributed by atoms with E-state index in [1.54, 1.807) is 21.3 Å². The Balaban J connectivity index is 1.62. The first kappa shape index (κ1) is 20.5. The fraction of sp³-hybridized carbons (Fsp3) is 0.478. The zero-order valence-electron chi connectivity index (χ0n) is 17.7. The van der Waals surface area contributed by atoms with Crippen molar-refractivity contribution in [2.75, 3.05) is 47.5 Å². The monoisotopic (exact) mass is 384 g/mol. The molecule has 0 spiro atoms. The Morgan fingerprint density at radius 1 is 0.714 bits per heavy atom. The molecule has 1 aliphatic heterocycles. The van der Waals surface area contributed by atoms with Gasteiger partial charge in [-0.2, -0.15) is 0 Å². The molecule has 0 aromatic heterocycles. The van der Waals surface area contributed by atoms with Crippen molar-refractivity contribution in [1.82, 2.24) is 9.80 Å². The van der Waals surface area contributed by atoms with Crippen LogP contribution in [0.4, 0.5) is 0 Å². The summed E-state index contributed by atoms with van der Waals surface area (Å²) in [4.78, 5) is 5.02. The van der Waals surface area contributed by atoms with Crippen LogP contribution in [0.5, 0.6) is 17.2 Å². The van der Waals surface area contributed by atoms with Crippen molar-refractivity contribution in [3.8, 4) is 17.2 Å². The Labute approximate surface area is 168 Å². The zero-order valence-corrected chi connectivity index (χ0v) is 17.7. The van der Waals surface area contributed by atoms with E-state index in [-0.39, 0.29) is 0 Å². The van der Waals surface area contributed by atoms with Crippen LogP contribution in [0.25, 0.3) is 0 Å². The molecule has 0 saturated carbocycles.